The van der Waals surface area contributed by atoms with Crippen molar-refractivity contribution in [1.82, 2.24) is 4.98 Å². The first-order chi connectivity index (χ1) is 7.13. The smallest absolute Gasteiger partial charge is 0.153 e. The highest BCUT2D eigenvalue weighted by atomic mass is 32.2. The van der Waals surface area contributed by atoms with Crippen molar-refractivity contribution in [2.24, 2.45) is 0 Å². The first-order valence-electron chi connectivity index (χ1n) is 4.71. The molecule has 1 aromatic heterocycles. The molecular weight excluding hydrogens is 244 g/mol. The van der Waals surface area contributed by atoms with E-state index in [0.717, 1.165) is 17.6 Å². The van der Waals surface area contributed by atoms with Gasteiger partial charge < -0.3 is 0 Å². The molecule has 0 unspecified atom stereocenters. The maximum absolute atomic E-state index is 11.1. The average molecular weight is 258 g/mol. The van der Waals surface area contributed by atoms with Gasteiger partial charge in [-0.15, -0.1) is 11.3 Å². The van der Waals surface area contributed by atoms with E-state index in [1.807, 2.05) is 20.8 Å². The predicted octanol–water partition coefficient (Wildman–Crippen LogP) is 1.86. The van der Waals surface area contributed by atoms with Crippen molar-refractivity contribution in [3.8, 4) is 6.07 Å². The summed E-state index contributed by atoms with van der Waals surface area (Å²) in [6, 6.07) is 2.07. The summed E-state index contributed by atoms with van der Waals surface area (Å²) in [4.78, 5) is 4.76. The quantitative estimate of drug-likeness (QED) is 0.811. The van der Waals surface area contributed by atoms with Crippen LogP contribution in [-0.4, -0.2) is 19.7 Å². The minimum atomic E-state index is -3.10. The highest BCUT2D eigenvalue weighted by molar-refractivity contribution is 7.90. The molecule has 0 amide bonds. The lowest BCUT2D eigenvalue weighted by atomic mass is 9.91. The van der Waals surface area contributed by atoms with Gasteiger partial charge in [0.25, 0.3) is 0 Å². The van der Waals surface area contributed by atoms with Crippen LogP contribution in [0.3, 0.4) is 0 Å². The van der Waals surface area contributed by atoms with Crippen LogP contribution in [0.15, 0.2) is 0 Å². The van der Waals surface area contributed by atoms with Crippen molar-refractivity contribution >= 4 is 21.2 Å². The summed E-state index contributed by atoms with van der Waals surface area (Å²) in [5.41, 5.74) is 0.441. The summed E-state index contributed by atoms with van der Waals surface area (Å²) in [6.07, 6.45) is 1.16. The SMILES string of the molecule is CC(C)(C)c1nc(CS(C)(=O)=O)sc1C#N. The van der Waals surface area contributed by atoms with Crippen LogP contribution in [0, 0.1) is 11.3 Å². The van der Waals surface area contributed by atoms with Crippen LogP contribution >= 0.6 is 11.3 Å². The van der Waals surface area contributed by atoms with Crippen LogP contribution in [0.5, 0.6) is 0 Å². The Morgan fingerprint density at radius 3 is 2.31 bits per heavy atom. The Labute approximate surface area is 99.9 Å². The molecule has 16 heavy (non-hydrogen) atoms. The Kier molecular flexibility index (Phi) is 3.41. The second kappa shape index (κ2) is 4.15. The summed E-state index contributed by atoms with van der Waals surface area (Å²) >= 11 is 1.16. The van der Waals surface area contributed by atoms with Gasteiger partial charge in [0.1, 0.15) is 21.7 Å². The molecule has 0 aliphatic heterocycles. The third-order valence-corrected chi connectivity index (χ3v) is 3.81. The van der Waals surface area contributed by atoms with Gasteiger partial charge in [-0.3, -0.25) is 0 Å². The number of hydrogen-bond donors (Lipinski definition) is 0. The Hall–Kier alpha value is -0.930. The molecule has 1 aromatic rings. The summed E-state index contributed by atoms with van der Waals surface area (Å²) < 4.78 is 22.3. The van der Waals surface area contributed by atoms with Gasteiger partial charge in [-0.2, -0.15) is 5.26 Å². The van der Waals surface area contributed by atoms with E-state index in [2.05, 4.69) is 11.1 Å². The minimum Gasteiger partial charge on any atom is -0.243 e. The summed E-state index contributed by atoms with van der Waals surface area (Å²) in [5, 5.41) is 9.45. The monoisotopic (exact) mass is 258 g/mol. The van der Waals surface area contributed by atoms with Crippen molar-refractivity contribution in [1.29, 1.82) is 5.26 Å². The summed E-state index contributed by atoms with van der Waals surface area (Å²) in [5.74, 6) is -0.0948. The standard InChI is InChI=1S/C10H14N2O2S2/c1-10(2,3)9-7(5-11)15-8(12-9)6-16(4,13)14/h6H2,1-4H3. The summed E-state index contributed by atoms with van der Waals surface area (Å²) in [6.45, 7) is 5.85. The number of rotatable bonds is 2. The molecule has 0 atom stereocenters. The van der Waals surface area contributed by atoms with E-state index in [-0.39, 0.29) is 11.2 Å². The van der Waals surface area contributed by atoms with Gasteiger partial charge in [0, 0.05) is 11.7 Å². The van der Waals surface area contributed by atoms with E-state index in [1.165, 1.54) is 0 Å². The summed E-state index contributed by atoms with van der Waals surface area (Å²) in [7, 11) is -3.10. The second-order valence-corrected chi connectivity index (χ2v) is 7.94. The largest absolute Gasteiger partial charge is 0.243 e. The average Bonchev–Trinajstić information content (AvgIpc) is 2.43. The van der Waals surface area contributed by atoms with Gasteiger partial charge in [0.15, 0.2) is 9.84 Å². The zero-order valence-corrected chi connectivity index (χ0v) is 11.4. The van der Waals surface area contributed by atoms with E-state index in [9.17, 15) is 8.42 Å². The van der Waals surface area contributed by atoms with Gasteiger partial charge in [-0.25, -0.2) is 13.4 Å². The highest BCUT2D eigenvalue weighted by Gasteiger charge is 2.24. The van der Waals surface area contributed by atoms with Gasteiger partial charge in [0.05, 0.1) is 5.69 Å². The third-order valence-electron chi connectivity index (χ3n) is 1.87. The van der Waals surface area contributed by atoms with Crippen molar-refractivity contribution in [2.45, 2.75) is 31.9 Å². The van der Waals surface area contributed by atoms with Gasteiger partial charge in [0.2, 0.25) is 0 Å². The number of nitriles is 1. The zero-order valence-electron chi connectivity index (χ0n) is 9.73. The molecule has 0 aliphatic rings. The molecule has 0 N–H and O–H groups in total. The molecule has 0 saturated carbocycles. The molecule has 1 heterocycles. The van der Waals surface area contributed by atoms with Crippen molar-refractivity contribution < 1.29 is 8.42 Å². The number of hydrogen-bond acceptors (Lipinski definition) is 5. The lowest BCUT2D eigenvalue weighted by Gasteiger charge is -2.15. The number of nitrogens with zero attached hydrogens (tertiary/aromatic N) is 2. The van der Waals surface area contributed by atoms with E-state index >= 15 is 0 Å². The van der Waals surface area contributed by atoms with Crippen LogP contribution in [0.25, 0.3) is 0 Å². The molecule has 0 radical (unpaired) electrons. The first-order valence-corrected chi connectivity index (χ1v) is 7.59. The van der Waals surface area contributed by atoms with Crippen LogP contribution in [0.1, 0.15) is 36.3 Å². The molecule has 6 heteroatoms. The van der Waals surface area contributed by atoms with Crippen molar-refractivity contribution in [3.05, 3.63) is 15.6 Å². The van der Waals surface area contributed by atoms with E-state index in [1.54, 1.807) is 0 Å². The lowest BCUT2D eigenvalue weighted by molar-refractivity contribution is 0.569. The van der Waals surface area contributed by atoms with Crippen molar-refractivity contribution in [3.63, 3.8) is 0 Å². The maximum Gasteiger partial charge on any atom is 0.153 e. The van der Waals surface area contributed by atoms with Crippen LogP contribution in [-0.2, 0) is 21.0 Å². The molecule has 1 rings (SSSR count). The minimum absolute atomic E-state index is 0.0948. The lowest BCUT2D eigenvalue weighted by Crippen LogP contribution is -2.13. The van der Waals surface area contributed by atoms with E-state index < -0.39 is 9.84 Å². The highest BCUT2D eigenvalue weighted by Crippen LogP contribution is 2.29. The Balaban J connectivity index is 3.20. The van der Waals surface area contributed by atoms with E-state index in [0.29, 0.717) is 15.6 Å². The van der Waals surface area contributed by atoms with E-state index in [4.69, 9.17) is 5.26 Å². The van der Waals surface area contributed by atoms with Gasteiger partial charge in [-0.05, 0) is 0 Å². The topological polar surface area (TPSA) is 70.8 Å². The zero-order chi connectivity index (χ0) is 12.6. The molecule has 0 aliphatic carbocycles. The van der Waals surface area contributed by atoms with Crippen LogP contribution in [0.4, 0.5) is 0 Å². The number of aromatic nitrogens is 1. The first kappa shape index (κ1) is 13.1. The fraction of sp³-hybridized carbons (Fsp3) is 0.600. The number of thiazole rings is 1. The number of sulfone groups is 1. The molecular formula is C10H14N2O2S2. The van der Waals surface area contributed by atoms with Gasteiger partial charge in [-0.1, -0.05) is 20.8 Å². The van der Waals surface area contributed by atoms with Crippen LogP contribution < -0.4 is 0 Å². The Bertz CT molecular complexity index is 530. The second-order valence-electron chi connectivity index (χ2n) is 4.72. The molecule has 4 nitrogen and oxygen atoms in total. The molecule has 0 aromatic carbocycles. The fourth-order valence-corrected chi connectivity index (χ4v) is 3.49. The molecule has 88 valence electrons. The Morgan fingerprint density at radius 1 is 1.44 bits per heavy atom. The predicted molar refractivity (Wildman–Crippen MR) is 64.1 cm³/mol. The fourth-order valence-electron chi connectivity index (χ4n) is 1.23. The molecule has 0 fully saturated rings. The van der Waals surface area contributed by atoms with Crippen molar-refractivity contribution in [2.75, 3.05) is 6.26 Å². The van der Waals surface area contributed by atoms with Gasteiger partial charge >= 0.3 is 0 Å². The van der Waals surface area contributed by atoms with Crippen LogP contribution in [0.2, 0.25) is 0 Å². The normalized spacial score (nSPS) is 12.4. The Morgan fingerprint density at radius 2 is 2.00 bits per heavy atom. The maximum atomic E-state index is 11.1. The third kappa shape index (κ3) is 3.29. The molecule has 0 saturated heterocycles. The molecule has 0 spiro atoms. The molecule has 0 bridgehead atoms.